The SMILES string of the molecule is C=C1N(C)c2cnc(NC3=CC4CCOC4C=C3Cl)nc2N1C12CC3CC(CC(C)(C3)C1)C2.C=C1N(C)c2cnc(NC3=CC4CCOC4C=C3Cl)nc2N1C12CC3CC(CC(OC)(C3)C1)C2.C=C1N(C)c2cnc(Nc3cn4ncnc4cc3Cl)nc2N1C12CC3CC(CC(C)(C3)C1)C2.C=C1N(C)c2cnc(Nc3cn4ncnc4cc3Cl)nc2N1C12CC3CC(CC(OC)(C3)C1)C2. The van der Waals surface area contributed by atoms with E-state index in [1.165, 1.54) is 141 Å². The summed E-state index contributed by atoms with van der Waals surface area (Å²) < 4.78 is 27.3. The predicted molar refractivity (Wildman–Crippen MR) is 523 cm³/mol. The largest absolute Gasteiger partial charge is 0.378 e. The van der Waals surface area contributed by atoms with E-state index < -0.39 is 0 Å². The Bertz CT molecular complexity index is 6350. The number of hydrogen-bond donors (Lipinski definition) is 4. The van der Waals surface area contributed by atoms with Crippen LogP contribution in [0.5, 0.6) is 0 Å². The summed E-state index contributed by atoms with van der Waals surface area (Å²) in [6.45, 7) is 24.5. The number of pyridine rings is 2. The number of nitrogens with zero attached hydrogens (tertiary/aromatic N) is 22. The van der Waals surface area contributed by atoms with E-state index in [1.807, 2.05) is 64.4 Å². The normalized spacial score (nSPS) is 36.0. The van der Waals surface area contributed by atoms with Crippen LogP contribution in [-0.4, -0.2) is 170 Å². The molecule has 0 amide bonds. The lowest BCUT2D eigenvalue weighted by Gasteiger charge is -2.63. The number of ether oxygens (including phenoxy) is 4. The van der Waals surface area contributed by atoms with Gasteiger partial charge in [-0.05, 0) is 224 Å². The molecule has 134 heavy (non-hydrogen) atoms. The number of halogens is 4. The third-order valence-electron chi connectivity index (χ3n) is 35.2. The van der Waals surface area contributed by atoms with E-state index >= 15 is 0 Å². The molecule has 32 rings (SSSR count). The van der Waals surface area contributed by atoms with Crippen molar-refractivity contribution in [1.82, 2.24) is 69.1 Å². The van der Waals surface area contributed by atoms with E-state index in [1.54, 1.807) is 27.4 Å². The molecule has 0 aromatic carbocycles. The molecule has 12 unspecified atom stereocenters. The lowest BCUT2D eigenvalue weighted by Crippen LogP contribution is -2.66. The van der Waals surface area contributed by atoms with Crippen molar-refractivity contribution in [3.63, 3.8) is 0 Å². The molecule has 34 heteroatoms. The number of hydrogen-bond acceptors (Lipinski definition) is 28. The summed E-state index contributed by atoms with van der Waals surface area (Å²) >= 11 is 26.2. The van der Waals surface area contributed by atoms with Crippen LogP contribution >= 0.6 is 46.4 Å². The van der Waals surface area contributed by atoms with Crippen molar-refractivity contribution in [2.45, 2.75) is 226 Å². The van der Waals surface area contributed by atoms with Crippen LogP contribution in [0.4, 0.5) is 81.2 Å². The van der Waals surface area contributed by atoms with Gasteiger partial charge in [-0.15, -0.1) is 0 Å². The van der Waals surface area contributed by atoms with Crippen molar-refractivity contribution < 1.29 is 18.9 Å². The van der Waals surface area contributed by atoms with Crippen LogP contribution in [0.1, 0.15) is 181 Å². The van der Waals surface area contributed by atoms with Gasteiger partial charge in [0.1, 0.15) is 58.7 Å². The minimum atomic E-state index is -0.0282. The van der Waals surface area contributed by atoms with Crippen LogP contribution in [0.25, 0.3) is 11.3 Å². The van der Waals surface area contributed by atoms with E-state index in [9.17, 15) is 0 Å². The van der Waals surface area contributed by atoms with Crippen LogP contribution < -0.4 is 60.5 Å². The number of allylic oxidation sites excluding steroid dienone is 2. The molecule has 30 nitrogen and oxygen atoms in total. The zero-order chi connectivity index (χ0) is 91.6. The molecule has 18 fully saturated rings. The summed E-state index contributed by atoms with van der Waals surface area (Å²) in [4.78, 5) is 65.3. The Morgan fingerprint density at radius 2 is 0.687 bits per heavy atom. The van der Waals surface area contributed by atoms with Crippen molar-refractivity contribution >= 4 is 139 Å². The third-order valence-corrected chi connectivity index (χ3v) is 36.5. The second kappa shape index (κ2) is 30.8. The van der Waals surface area contributed by atoms with Crippen molar-refractivity contribution in [3.8, 4) is 0 Å². The second-order valence-corrected chi connectivity index (χ2v) is 46.1. The smallest absolute Gasteiger partial charge is 0.229 e. The fourth-order valence-corrected chi connectivity index (χ4v) is 32.5. The van der Waals surface area contributed by atoms with Crippen LogP contribution in [0.2, 0.25) is 10.0 Å². The summed E-state index contributed by atoms with van der Waals surface area (Å²) in [6.07, 6.45) is 54.5. The van der Waals surface area contributed by atoms with Crippen molar-refractivity contribution in [2.75, 3.05) is 116 Å². The van der Waals surface area contributed by atoms with Gasteiger partial charge in [-0.2, -0.15) is 30.1 Å². The maximum atomic E-state index is 6.58. The molecule has 18 aliphatic carbocycles. The Morgan fingerprint density at radius 1 is 0.388 bits per heavy atom. The van der Waals surface area contributed by atoms with E-state index in [0.717, 1.165) is 156 Å². The molecule has 0 spiro atoms. The molecular formula is C100H118Cl4N26O4. The molecule has 16 bridgehead atoms. The van der Waals surface area contributed by atoms with Gasteiger partial charge in [0.15, 0.2) is 34.6 Å². The van der Waals surface area contributed by atoms with Gasteiger partial charge >= 0.3 is 0 Å². The molecule has 14 heterocycles. The second-order valence-electron chi connectivity index (χ2n) is 44.5. The van der Waals surface area contributed by atoms with E-state index in [0.29, 0.717) is 113 Å². The van der Waals surface area contributed by atoms with Gasteiger partial charge in [0.2, 0.25) is 23.8 Å². The maximum Gasteiger partial charge on any atom is 0.229 e. The summed E-state index contributed by atoms with van der Waals surface area (Å²) in [5.74, 6) is 16.7. The van der Waals surface area contributed by atoms with Crippen LogP contribution in [-0.2, 0) is 18.9 Å². The Kier molecular flexibility index (Phi) is 19.7. The van der Waals surface area contributed by atoms with E-state index in [2.05, 4.69) is 174 Å². The molecular weight excluding hydrogens is 1770 g/mol. The minimum Gasteiger partial charge on any atom is -0.378 e. The predicted octanol–water partition coefficient (Wildman–Crippen LogP) is 19.6. The average Bonchev–Trinajstić information content (AvgIpc) is 1.47. The molecule has 8 aromatic rings. The first-order chi connectivity index (χ1) is 64.4. The Hall–Kier alpha value is -9.92. The molecule has 700 valence electrons. The molecule has 2 saturated heterocycles. The minimum absolute atomic E-state index is 0.00162. The molecule has 0 radical (unpaired) electrons. The monoisotopic (exact) mass is 1890 g/mol. The number of methoxy groups -OCH3 is 2. The Balaban J connectivity index is 0.0000000955. The highest BCUT2D eigenvalue weighted by Crippen LogP contribution is 2.70. The Morgan fingerprint density at radius 3 is 0.993 bits per heavy atom. The first-order valence-corrected chi connectivity index (χ1v) is 49.9. The maximum absolute atomic E-state index is 6.58. The van der Waals surface area contributed by atoms with Crippen molar-refractivity contribution in [2.24, 2.45) is 70.0 Å². The van der Waals surface area contributed by atoms with Gasteiger partial charge in [0.05, 0.1) is 115 Å². The lowest BCUT2D eigenvalue weighted by molar-refractivity contribution is -0.153. The van der Waals surface area contributed by atoms with E-state index in [4.69, 9.17) is 85.3 Å². The van der Waals surface area contributed by atoms with Gasteiger partial charge in [-0.1, -0.05) is 98.7 Å². The standard InChI is InChI=1S/C26H32ClN5O2.C26H32ClN5O.C24H27ClN8O.C24H27ClN8/c1-15-31(2)21-13-28-24(29-20-7-18-4-5-34-22(18)8-19(20)27)30-23(21)32(15)25-9-16-6-17(10-25)12-26(11-16,14-25)33-3;1-15-31(3)21-13-28-24(29-20-7-18-4-5-33-22(18)8-19(20)27)30-23(21)32(15)26-11-16-6-17(12-26)10-25(2,9-16)14-26;1-14-31(2)19-10-26-22(29-18-11-32-20(5-17(18)25)27-13-28-32)30-21(19)33(14)23-6-15-4-16(7-23)9-24(8-15,12-23)34-3;1-14-31(3)19-10-26-22(29-18-11-32-20(5-17(18)25)27-13-28-32)30-21(19)33(14)24-8-15-4-16(9-24)7-23(2,6-15)12-24/h7-8,13,16-18,22H,1,4-6,9-12,14H2,2-3H3,(H,28,29,30);7-8,13,16-18,22H,1,4-6,9-12,14H2,2-3H3,(H,28,29,30);5,10-11,13,15-16H,1,4,6-9,12H2,2-3H3,(H,26,29,30);5,10-11,13,15-16H,1,4,6-9,12H2,2-3H3,(H,26,29,30). The number of fused-ring (bicyclic) bond motifs is 8. The first-order valence-electron chi connectivity index (χ1n) is 48.4. The zero-order valence-electron chi connectivity index (χ0n) is 77.6. The van der Waals surface area contributed by atoms with Gasteiger partial charge in [-0.25, -0.2) is 38.9 Å². The molecule has 12 atom stereocenters. The third kappa shape index (κ3) is 13.8. The van der Waals surface area contributed by atoms with Crippen LogP contribution in [0, 0.1) is 70.0 Å². The summed E-state index contributed by atoms with van der Waals surface area (Å²) in [7, 11) is 12.0. The molecule has 24 aliphatic rings. The fourth-order valence-electron chi connectivity index (χ4n) is 31.6. The van der Waals surface area contributed by atoms with Gasteiger partial charge in [-0.3, -0.25) is 0 Å². The zero-order valence-corrected chi connectivity index (χ0v) is 80.6. The topological polar surface area (TPSA) is 274 Å². The number of anilines is 14. The quantitative estimate of drug-likeness (QED) is 0.0787. The number of rotatable bonds is 14. The van der Waals surface area contributed by atoms with E-state index in [-0.39, 0.29) is 45.6 Å². The van der Waals surface area contributed by atoms with Gasteiger partial charge in [0, 0.05) is 104 Å². The molecule has 16 saturated carbocycles. The summed E-state index contributed by atoms with van der Waals surface area (Å²) in [6, 6.07) is 3.55. The van der Waals surface area contributed by atoms with Crippen LogP contribution in [0.3, 0.4) is 0 Å². The first kappa shape index (κ1) is 85.7. The highest BCUT2D eigenvalue weighted by atomic mass is 35.5. The number of aromatic nitrogens is 14. The van der Waals surface area contributed by atoms with Gasteiger partial charge in [0.25, 0.3) is 0 Å². The fraction of sp³-hybridized carbons (Fsp3) is 0.560. The lowest BCUT2D eigenvalue weighted by atomic mass is 9.47. The molecule has 8 aromatic heterocycles. The van der Waals surface area contributed by atoms with Crippen molar-refractivity contribution in [1.29, 1.82) is 0 Å². The molecule has 6 aliphatic heterocycles. The van der Waals surface area contributed by atoms with Crippen LogP contribution in [0.15, 0.2) is 157 Å². The van der Waals surface area contributed by atoms with Gasteiger partial charge < -0.3 is 79.4 Å². The summed E-state index contributed by atoms with van der Waals surface area (Å²) in [5, 5.41) is 24.2. The molecule has 4 N–H and O–H groups in total. The average molecular weight is 1890 g/mol. The highest BCUT2D eigenvalue weighted by molar-refractivity contribution is 6.34. The number of nitrogens with one attached hydrogen (secondary N) is 4. The Labute approximate surface area is 801 Å². The summed E-state index contributed by atoms with van der Waals surface area (Å²) in [5.41, 5.74) is 9.52. The van der Waals surface area contributed by atoms with Crippen molar-refractivity contribution in [3.05, 3.63) is 167 Å². The highest BCUT2D eigenvalue weighted by Gasteiger charge is 2.67.